The molecule has 1 fully saturated rings. The summed E-state index contributed by atoms with van der Waals surface area (Å²) in [7, 11) is 1.83. The number of morpholine rings is 1. The van der Waals surface area contributed by atoms with Crippen molar-refractivity contribution in [2.75, 3.05) is 33.4 Å². The number of aromatic nitrogens is 3. The average molecular weight is 341 g/mol. The number of amides is 1. The van der Waals surface area contributed by atoms with Crippen molar-refractivity contribution < 1.29 is 9.53 Å². The van der Waals surface area contributed by atoms with Crippen LogP contribution in [-0.4, -0.2) is 63.8 Å². The van der Waals surface area contributed by atoms with Gasteiger partial charge in [-0.15, -0.1) is 10.2 Å². The predicted octanol–water partition coefficient (Wildman–Crippen LogP) is 0.866. The lowest BCUT2D eigenvalue weighted by atomic mass is 10.0. The SMILES string of the molecule is CN1Cc2nnc(CN3CCOCC3)n2[C@@H](Cc2ccccc2)C1=O. The van der Waals surface area contributed by atoms with Crippen molar-refractivity contribution in [2.45, 2.75) is 25.6 Å². The van der Waals surface area contributed by atoms with Crippen LogP contribution >= 0.6 is 0 Å². The van der Waals surface area contributed by atoms with E-state index in [-0.39, 0.29) is 11.9 Å². The molecule has 2 aromatic rings. The van der Waals surface area contributed by atoms with Gasteiger partial charge in [-0.3, -0.25) is 14.3 Å². The van der Waals surface area contributed by atoms with Crippen LogP contribution in [0.5, 0.6) is 0 Å². The summed E-state index contributed by atoms with van der Waals surface area (Å²) in [4.78, 5) is 16.9. The maximum Gasteiger partial charge on any atom is 0.246 e. The van der Waals surface area contributed by atoms with Crippen LogP contribution in [0.4, 0.5) is 0 Å². The number of hydrogen-bond acceptors (Lipinski definition) is 5. The van der Waals surface area contributed by atoms with E-state index in [1.165, 1.54) is 0 Å². The lowest BCUT2D eigenvalue weighted by molar-refractivity contribution is -0.136. The summed E-state index contributed by atoms with van der Waals surface area (Å²) in [6.07, 6.45) is 0.658. The molecule has 7 heteroatoms. The summed E-state index contributed by atoms with van der Waals surface area (Å²) < 4.78 is 7.48. The second-order valence-corrected chi connectivity index (χ2v) is 6.69. The number of carbonyl (C=O) groups excluding carboxylic acids is 1. The zero-order valence-electron chi connectivity index (χ0n) is 14.5. The first kappa shape index (κ1) is 16.2. The molecular formula is C18H23N5O2. The second kappa shape index (κ2) is 6.93. The van der Waals surface area contributed by atoms with E-state index >= 15 is 0 Å². The van der Waals surface area contributed by atoms with Gasteiger partial charge < -0.3 is 9.64 Å². The minimum atomic E-state index is -0.276. The summed E-state index contributed by atoms with van der Waals surface area (Å²) >= 11 is 0. The van der Waals surface area contributed by atoms with E-state index in [0.717, 1.165) is 43.5 Å². The summed E-state index contributed by atoms with van der Waals surface area (Å²) in [6, 6.07) is 9.86. The smallest absolute Gasteiger partial charge is 0.246 e. The Labute approximate surface area is 147 Å². The molecule has 1 aromatic carbocycles. The van der Waals surface area contributed by atoms with Crippen LogP contribution < -0.4 is 0 Å². The normalized spacial score (nSPS) is 21.4. The Hall–Kier alpha value is -2.25. The zero-order valence-corrected chi connectivity index (χ0v) is 14.5. The van der Waals surface area contributed by atoms with Crippen LogP contribution in [0.25, 0.3) is 0 Å². The van der Waals surface area contributed by atoms with Gasteiger partial charge in [-0.2, -0.15) is 0 Å². The van der Waals surface area contributed by atoms with Gasteiger partial charge >= 0.3 is 0 Å². The van der Waals surface area contributed by atoms with E-state index in [1.54, 1.807) is 4.90 Å². The summed E-state index contributed by atoms with van der Waals surface area (Å²) in [5, 5.41) is 8.76. The molecule has 1 atom stereocenters. The van der Waals surface area contributed by atoms with E-state index in [4.69, 9.17) is 4.74 Å². The second-order valence-electron chi connectivity index (χ2n) is 6.69. The summed E-state index contributed by atoms with van der Waals surface area (Å²) in [5.41, 5.74) is 1.15. The number of carbonyl (C=O) groups is 1. The fraction of sp³-hybridized carbons (Fsp3) is 0.500. The molecule has 0 spiro atoms. The van der Waals surface area contributed by atoms with E-state index < -0.39 is 0 Å². The molecule has 1 aromatic heterocycles. The highest BCUT2D eigenvalue weighted by atomic mass is 16.5. The Bertz CT molecular complexity index is 739. The van der Waals surface area contributed by atoms with Gasteiger partial charge in [0.05, 0.1) is 26.3 Å². The van der Waals surface area contributed by atoms with Crippen LogP contribution in [0.1, 0.15) is 23.3 Å². The van der Waals surface area contributed by atoms with E-state index in [1.807, 2.05) is 25.2 Å². The monoisotopic (exact) mass is 341 g/mol. The topological polar surface area (TPSA) is 63.5 Å². The Balaban J connectivity index is 1.63. The predicted molar refractivity (Wildman–Crippen MR) is 91.8 cm³/mol. The fourth-order valence-electron chi connectivity index (χ4n) is 3.57. The average Bonchev–Trinajstić information content (AvgIpc) is 3.03. The van der Waals surface area contributed by atoms with Crippen LogP contribution in [0.15, 0.2) is 30.3 Å². The van der Waals surface area contributed by atoms with Crippen LogP contribution in [0.3, 0.4) is 0 Å². The van der Waals surface area contributed by atoms with Gasteiger partial charge in [0.25, 0.3) is 0 Å². The molecule has 0 N–H and O–H groups in total. The maximum absolute atomic E-state index is 12.9. The Morgan fingerprint density at radius 2 is 1.92 bits per heavy atom. The molecule has 7 nitrogen and oxygen atoms in total. The lowest BCUT2D eigenvalue weighted by Crippen LogP contribution is -2.43. The highest BCUT2D eigenvalue weighted by Gasteiger charge is 2.34. The molecule has 132 valence electrons. The van der Waals surface area contributed by atoms with E-state index in [0.29, 0.717) is 19.5 Å². The Morgan fingerprint density at radius 3 is 2.68 bits per heavy atom. The van der Waals surface area contributed by atoms with E-state index in [2.05, 4.69) is 31.8 Å². The number of nitrogens with zero attached hydrogens (tertiary/aromatic N) is 5. The number of hydrogen-bond donors (Lipinski definition) is 0. The van der Waals surface area contributed by atoms with Gasteiger partial charge in [-0.05, 0) is 5.56 Å². The number of benzene rings is 1. The van der Waals surface area contributed by atoms with Crippen molar-refractivity contribution in [3.63, 3.8) is 0 Å². The third-order valence-corrected chi connectivity index (χ3v) is 4.93. The molecule has 0 aliphatic carbocycles. The van der Waals surface area contributed by atoms with Crippen molar-refractivity contribution in [1.82, 2.24) is 24.6 Å². The van der Waals surface area contributed by atoms with Gasteiger partial charge in [-0.1, -0.05) is 30.3 Å². The molecule has 2 aliphatic heterocycles. The van der Waals surface area contributed by atoms with Crippen molar-refractivity contribution >= 4 is 5.91 Å². The van der Waals surface area contributed by atoms with Crippen molar-refractivity contribution in [3.8, 4) is 0 Å². The molecule has 0 unspecified atom stereocenters. The van der Waals surface area contributed by atoms with E-state index in [9.17, 15) is 4.79 Å². The van der Waals surface area contributed by atoms with Crippen LogP contribution in [0, 0.1) is 0 Å². The maximum atomic E-state index is 12.9. The van der Waals surface area contributed by atoms with Gasteiger partial charge in [0.15, 0.2) is 5.82 Å². The quantitative estimate of drug-likeness (QED) is 0.826. The molecular weight excluding hydrogens is 318 g/mol. The van der Waals surface area contributed by atoms with Crippen molar-refractivity contribution in [3.05, 3.63) is 47.5 Å². The summed E-state index contributed by atoms with van der Waals surface area (Å²) in [6.45, 7) is 4.49. The molecule has 0 radical (unpaired) electrons. The Morgan fingerprint density at radius 1 is 1.16 bits per heavy atom. The molecule has 4 rings (SSSR count). The molecule has 0 saturated carbocycles. The lowest BCUT2D eigenvalue weighted by Gasteiger charge is -2.33. The third kappa shape index (κ3) is 3.29. The summed E-state index contributed by atoms with van der Waals surface area (Å²) in [5.74, 6) is 1.87. The van der Waals surface area contributed by atoms with Crippen LogP contribution in [0.2, 0.25) is 0 Å². The standard InChI is InChI=1S/C18H23N5O2/c1-21-12-16-19-20-17(13-22-7-9-25-10-8-22)23(16)15(18(21)24)11-14-5-3-2-4-6-14/h2-6,15H,7-13H2,1H3/t15-/m0/s1. The highest BCUT2D eigenvalue weighted by molar-refractivity contribution is 5.81. The minimum Gasteiger partial charge on any atom is -0.379 e. The third-order valence-electron chi connectivity index (χ3n) is 4.93. The molecule has 1 amide bonds. The van der Waals surface area contributed by atoms with Gasteiger partial charge in [0.2, 0.25) is 5.91 Å². The van der Waals surface area contributed by atoms with Crippen LogP contribution in [-0.2, 0) is 29.0 Å². The number of likely N-dealkylation sites (N-methyl/N-ethyl adjacent to an activating group) is 1. The van der Waals surface area contributed by atoms with Gasteiger partial charge in [0.1, 0.15) is 11.9 Å². The zero-order chi connectivity index (χ0) is 17.2. The molecule has 0 bridgehead atoms. The first-order chi connectivity index (χ1) is 12.2. The highest BCUT2D eigenvalue weighted by Crippen LogP contribution is 2.26. The largest absolute Gasteiger partial charge is 0.379 e. The van der Waals surface area contributed by atoms with Crippen molar-refractivity contribution in [1.29, 1.82) is 0 Å². The van der Waals surface area contributed by atoms with Gasteiger partial charge in [0, 0.05) is 26.6 Å². The first-order valence-corrected chi connectivity index (χ1v) is 8.74. The minimum absolute atomic E-state index is 0.124. The number of fused-ring (bicyclic) bond motifs is 1. The first-order valence-electron chi connectivity index (χ1n) is 8.74. The molecule has 1 saturated heterocycles. The fourth-order valence-corrected chi connectivity index (χ4v) is 3.57. The molecule has 3 heterocycles. The van der Waals surface area contributed by atoms with Crippen molar-refractivity contribution in [2.24, 2.45) is 0 Å². The number of rotatable bonds is 4. The van der Waals surface area contributed by atoms with Gasteiger partial charge in [-0.25, -0.2) is 0 Å². The molecule has 25 heavy (non-hydrogen) atoms. The Kier molecular flexibility index (Phi) is 4.50. The number of ether oxygens (including phenoxy) is 1. The molecule has 2 aliphatic rings.